The predicted octanol–water partition coefficient (Wildman–Crippen LogP) is 4.36. The highest BCUT2D eigenvalue weighted by Gasteiger charge is 2.41. The molecule has 2 heterocycles. The fourth-order valence-electron chi connectivity index (χ4n) is 3.70. The number of halogens is 2. The van der Waals surface area contributed by atoms with Crippen LogP contribution in [0.2, 0.25) is 0 Å². The molecule has 1 aromatic rings. The molecule has 5 heteroatoms. The lowest BCUT2D eigenvalue weighted by Gasteiger charge is -2.46. The third-order valence-electron chi connectivity index (χ3n) is 5.46. The number of nitrogens with zero attached hydrogens (tertiary/aromatic N) is 1. The minimum absolute atomic E-state index is 0.472. The molecule has 1 spiro atoms. The number of piperidine rings is 1. The van der Waals surface area contributed by atoms with E-state index in [1.54, 1.807) is 6.07 Å². The van der Waals surface area contributed by atoms with Crippen molar-refractivity contribution in [1.82, 2.24) is 0 Å². The van der Waals surface area contributed by atoms with Crippen LogP contribution in [0.3, 0.4) is 0 Å². The van der Waals surface area contributed by atoms with Crippen LogP contribution in [-0.4, -0.2) is 32.1 Å². The number of ether oxygens (including phenoxy) is 2. The summed E-state index contributed by atoms with van der Waals surface area (Å²) in [5.41, 5.74) is 0.717. The third kappa shape index (κ3) is 3.72. The van der Waals surface area contributed by atoms with Crippen molar-refractivity contribution in [1.29, 1.82) is 0 Å². The summed E-state index contributed by atoms with van der Waals surface area (Å²) in [6, 6.07) is 4.07. The predicted molar refractivity (Wildman–Crippen MR) is 90.0 cm³/mol. The van der Waals surface area contributed by atoms with Crippen molar-refractivity contribution in [2.45, 2.75) is 45.3 Å². The molecule has 0 bridgehead atoms. The van der Waals surface area contributed by atoms with Crippen LogP contribution in [0.25, 0.3) is 0 Å². The van der Waals surface area contributed by atoms with Gasteiger partial charge in [0.15, 0.2) is 17.4 Å². The topological polar surface area (TPSA) is 21.7 Å². The zero-order valence-corrected chi connectivity index (χ0v) is 14.6. The second-order valence-electron chi connectivity index (χ2n) is 7.14. The van der Waals surface area contributed by atoms with Gasteiger partial charge in [0.1, 0.15) is 0 Å². The maximum atomic E-state index is 13.4. The summed E-state index contributed by atoms with van der Waals surface area (Å²) in [7, 11) is 0. The Morgan fingerprint density at radius 3 is 2.42 bits per heavy atom. The zero-order valence-electron chi connectivity index (χ0n) is 14.6. The molecule has 1 aromatic carbocycles. The van der Waals surface area contributed by atoms with Crippen LogP contribution < -0.4 is 4.90 Å². The van der Waals surface area contributed by atoms with E-state index < -0.39 is 17.4 Å². The molecular weight excluding hydrogens is 312 g/mol. The Morgan fingerprint density at radius 1 is 1.17 bits per heavy atom. The van der Waals surface area contributed by atoms with Crippen molar-refractivity contribution in [3.05, 3.63) is 29.8 Å². The molecule has 0 N–H and O–H groups in total. The van der Waals surface area contributed by atoms with Crippen LogP contribution in [0.4, 0.5) is 14.5 Å². The molecule has 1 atom stereocenters. The largest absolute Gasteiger partial charge is 0.371 e. The van der Waals surface area contributed by atoms with Gasteiger partial charge in [-0.2, -0.15) is 0 Å². The minimum atomic E-state index is -0.807. The molecule has 134 valence electrons. The average molecular weight is 339 g/mol. The van der Waals surface area contributed by atoms with Crippen LogP contribution in [0.5, 0.6) is 0 Å². The van der Waals surface area contributed by atoms with Crippen molar-refractivity contribution in [2.75, 3.05) is 31.2 Å². The third-order valence-corrected chi connectivity index (χ3v) is 5.46. The van der Waals surface area contributed by atoms with E-state index in [0.29, 0.717) is 17.5 Å². The summed E-state index contributed by atoms with van der Waals surface area (Å²) in [5, 5.41) is 0. The average Bonchev–Trinajstić information content (AvgIpc) is 2.59. The van der Waals surface area contributed by atoms with E-state index in [1.807, 2.05) is 0 Å². The maximum Gasteiger partial charge on any atom is 0.171 e. The van der Waals surface area contributed by atoms with Gasteiger partial charge in [0, 0.05) is 43.6 Å². The molecule has 24 heavy (non-hydrogen) atoms. The van der Waals surface area contributed by atoms with E-state index >= 15 is 0 Å². The summed E-state index contributed by atoms with van der Waals surface area (Å²) in [6.45, 7) is 7.43. The van der Waals surface area contributed by atoms with E-state index in [-0.39, 0.29) is 0 Å². The number of anilines is 1. The summed E-state index contributed by atoms with van der Waals surface area (Å²) < 4.78 is 38.7. The van der Waals surface area contributed by atoms with Crippen molar-refractivity contribution >= 4 is 5.69 Å². The fourth-order valence-corrected chi connectivity index (χ4v) is 3.70. The van der Waals surface area contributed by atoms with E-state index in [4.69, 9.17) is 9.47 Å². The van der Waals surface area contributed by atoms with Gasteiger partial charge in [-0.15, -0.1) is 0 Å². The van der Waals surface area contributed by atoms with Gasteiger partial charge < -0.3 is 14.4 Å². The maximum absolute atomic E-state index is 13.4. The van der Waals surface area contributed by atoms with Crippen LogP contribution in [-0.2, 0) is 9.47 Å². The van der Waals surface area contributed by atoms with E-state index in [1.165, 1.54) is 25.0 Å². The lowest BCUT2D eigenvalue weighted by atomic mass is 9.90. The van der Waals surface area contributed by atoms with E-state index in [0.717, 1.165) is 39.1 Å². The Kier molecular flexibility index (Phi) is 5.40. The van der Waals surface area contributed by atoms with E-state index in [2.05, 4.69) is 18.7 Å². The number of hydrogen-bond donors (Lipinski definition) is 0. The van der Waals surface area contributed by atoms with Crippen molar-refractivity contribution < 1.29 is 18.3 Å². The van der Waals surface area contributed by atoms with Crippen LogP contribution in [0.15, 0.2) is 18.2 Å². The summed E-state index contributed by atoms with van der Waals surface area (Å²) in [5.74, 6) is -1.00. The van der Waals surface area contributed by atoms with Gasteiger partial charge in [-0.05, 0) is 18.1 Å². The van der Waals surface area contributed by atoms with E-state index in [9.17, 15) is 8.78 Å². The molecule has 2 fully saturated rings. The lowest BCUT2D eigenvalue weighted by Crippen LogP contribution is -2.52. The minimum Gasteiger partial charge on any atom is -0.371 e. The highest BCUT2D eigenvalue weighted by Crippen LogP contribution is 2.36. The SMILES string of the molecule is CCCC(C)C1COC2(CCN(c3ccc(F)c(F)c3)CC2)OC1. The zero-order chi connectivity index (χ0) is 17.2. The number of hydrogen-bond acceptors (Lipinski definition) is 3. The highest BCUT2D eigenvalue weighted by molar-refractivity contribution is 5.47. The molecule has 3 rings (SSSR count). The van der Waals surface area contributed by atoms with Gasteiger partial charge in [-0.25, -0.2) is 8.78 Å². The molecule has 1 unspecified atom stereocenters. The summed E-state index contributed by atoms with van der Waals surface area (Å²) in [4.78, 5) is 2.06. The van der Waals surface area contributed by atoms with Gasteiger partial charge in [0.05, 0.1) is 13.2 Å². The first-order valence-corrected chi connectivity index (χ1v) is 9.01. The Balaban J connectivity index is 1.54. The van der Waals surface area contributed by atoms with Crippen LogP contribution in [0.1, 0.15) is 39.5 Å². The second-order valence-corrected chi connectivity index (χ2v) is 7.14. The molecule has 0 aliphatic carbocycles. The summed E-state index contributed by atoms with van der Waals surface area (Å²) >= 11 is 0. The van der Waals surface area contributed by atoms with Crippen molar-refractivity contribution in [3.63, 3.8) is 0 Å². The molecule has 0 radical (unpaired) electrons. The standard InChI is InChI=1S/C19H27F2NO2/c1-3-4-14(2)15-12-23-19(24-13-15)7-9-22(10-8-19)16-5-6-17(20)18(21)11-16/h5-6,11,14-15H,3-4,7-10,12-13H2,1-2H3. The highest BCUT2D eigenvalue weighted by atomic mass is 19.2. The van der Waals surface area contributed by atoms with Gasteiger partial charge >= 0.3 is 0 Å². The normalized spacial score (nSPS) is 22.8. The fraction of sp³-hybridized carbons (Fsp3) is 0.684. The van der Waals surface area contributed by atoms with Crippen LogP contribution >= 0.6 is 0 Å². The Morgan fingerprint density at radius 2 is 1.83 bits per heavy atom. The molecular formula is C19H27F2NO2. The Bertz CT molecular complexity index is 548. The molecule has 0 amide bonds. The molecule has 2 aliphatic heterocycles. The molecule has 0 aromatic heterocycles. The first-order chi connectivity index (χ1) is 11.5. The number of rotatable bonds is 4. The van der Waals surface area contributed by atoms with Crippen molar-refractivity contribution in [3.8, 4) is 0 Å². The second kappa shape index (κ2) is 7.36. The quantitative estimate of drug-likeness (QED) is 0.813. The van der Waals surface area contributed by atoms with Gasteiger partial charge in [0.2, 0.25) is 0 Å². The Labute approximate surface area is 142 Å². The monoisotopic (exact) mass is 339 g/mol. The first-order valence-electron chi connectivity index (χ1n) is 9.01. The molecule has 3 nitrogen and oxygen atoms in total. The summed E-state index contributed by atoms with van der Waals surface area (Å²) in [6.07, 6.45) is 3.89. The van der Waals surface area contributed by atoms with Gasteiger partial charge in [-0.1, -0.05) is 26.7 Å². The molecule has 2 saturated heterocycles. The van der Waals surface area contributed by atoms with Crippen molar-refractivity contribution in [2.24, 2.45) is 11.8 Å². The van der Waals surface area contributed by atoms with Gasteiger partial charge in [-0.3, -0.25) is 0 Å². The Hall–Kier alpha value is -1.20. The lowest BCUT2D eigenvalue weighted by molar-refractivity contribution is -0.295. The van der Waals surface area contributed by atoms with Gasteiger partial charge in [0.25, 0.3) is 0 Å². The van der Waals surface area contributed by atoms with Crippen LogP contribution in [0, 0.1) is 23.5 Å². The molecule has 0 saturated carbocycles. The first kappa shape index (κ1) is 17.6. The smallest absolute Gasteiger partial charge is 0.171 e. The number of benzene rings is 1. The molecule has 2 aliphatic rings.